The van der Waals surface area contributed by atoms with Crippen molar-refractivity contribution in [3.05, 3.63) is 59.5 Å². The number of hydrazine groups is 1. The quantitative estimate of drug-likeness (QED) is 0.300. The summed E-state index contributed by atoms with van der Waals surface area (Å²) in [5.74, 6) is 4.89. The second-order valence-electron chi connectivity index (χ2n) is 8.31. The lowest BCUT2D eigenvalue weighted by Crippen LogP contribution is -2.44. The van der Waals surface area contributed by atoms with Crippen molar-refractivity contribution in [2.24, 2.45) is 5.84 Å². The third-order valence-electron chi connectivity index (χ3n) is 5.66. The van der Waals surface area contributed by atoms with Crippen molar-refractivity contribution < 1.29 is 14.0 Å². The Morgan fingerprint density at radius 2 is 2.09 bits per heavy atom. The van der Waals surface area contributed by atoms with E-state index in [1.54, 1.807) is 28.8 Å². The van der Waals surface area contributed by atoms with Gasteiger partial charge in [0.25, 0.3) is 5.91 Å². The Morgan fingerprint density at radius 1 is 1.27 bits per heavy atom. The molecule has 3 amide bonds. The van der Waals surface area contributed by atoms with Gasteiger partial charge in [-0.05, 0) is 56.2 Å². The zero-order valence-corrected chi connectivity index (χ0v) is 19.4. The van der Waals surface area contributed by atoms with E-state index in [4.69, 9.17) is 5.84 Å². The molecular weight excluding hydrogens is 443 g/mol. The molecule has 3 aromatic rings. The molecule has 2 heterocycles. The van der Waals surface area contributed by atoms with Gasteiger partial charge in [-0.2, -0.15) is 16.9 Å². The predicted molar refractivity (Wildman–Crippen MR) is 129 cm³/mol. The Labute approximate surface area is 195 Å². The Kier molecular flexibility index (Phi) is 6.85. The van der Waals surface area contributed by atoms with Crippen LogP contribution in [0.25, 0.3) is 10.9 Å². The molecule has 33 heavy (non-hydrogen) atoms. The summed E-state index contributed by atoms with van der Waals surface area (Å²) in [5.41, 5.74) is 4.36. The van der Waals surface area contributed by atoms with Crippen LogP contribution >= 0.6 is 11.8 Å². The average molecular weight is 471 g/mol. The summed E-state index contributed by atoms with van der Waals surface area (Å²) in [7, 11) is 0. The molecule has 0 saturated carbocycles. The maximum absolute atomic E-state index is 14.5. The monoisotopic (exact) mass is 470 g/mol. The minimum Gasteiger partial charge on any atom is -0.323 e. The third-order valence-corrected chi connectivity index (χ3v) is 6.86. The van der Waals surface area contributed by atoms with E-state index >= 15 is 0 Å². The van der Waals surface area contributed by atoms with Crippen LogP contribution in [0.4, 0.5) is 14.9 Å². The van der Waals surface area contributed by atoms with Crippen molar-refractivity contribution in [3.8, 4) is 0 Å². The first-order chi connectivity index (χ1) is 15.9. The van der Waals surface area contributed by atoms with Crippen LogP contribution in [0.15, 0.2) is 42.6 Å². The molecule has 0 radical (unpaired) electrons. The minimum atomic E-state index is -0.537. The van der Waals surface area contributed by atoms with Crippen molar-refractivity contribution >= 4 is 40.3 Å². The van der Waals surface area contributed by atoms with E-state index in [1.807, 2.05) is 34.5 Å². The number of anilines is 1. The number of carbonyl (C=O) groups excluding carboxylic acids is 2. The number of thioether (sulfide) groups is 1. The van der Waals surface area contributed by atoms with Crippen molar-refractivity contribution in [1.29, 1.82) is 0 Å². The van der Waals surface area contributed by atoms with E-state index in [0.29, 0.717) is 30.8 Å². The van der Waals surface area contributed by atoms with Crippen LogP contribution < -0.4 is 16.6 Å². The minimum absolute atomic E-state index is 0.0537. The van der Waals surface area contributed by atoms with Gasteiger partial charge in [0.1, 0.15) is 5.82 Å². The highest BCUT2D eigenvalue weighted by molar-refractivity contribution is 8.00. The predicted octanol–water partition coefficient (Wildman–Crippen LogP) is 3.55. The zero-order chi connectivity index (χ0) is 23.5. The number of rotatable bonds is 5. The van der Waals surface area contributed by atoms with Crippen molar-refractivity contribution in [2.45, 2.75) is 31.6 Å². The van der Waals surface area contributed by atoms with Crippen molar-refractivity contribution in [2.75, 3.05) is 24.2 Å². The normalized spacial score (nSPS) is 16.3. The standard InChI is InChI=1S/C23H27FN6O2S/c1-14(2)30-21-11-18(6-5-17(21)12-26-30)27-23(32)29-7-8-33-19(13-29)9-15-3-4-16(10-20(15)24)22(31)28-25/h3-6,10-12,14,19H,7-9,13,25H2,1-2H3,(H,27,32)(H,28,31). The van der Waals surface area contributed by atoms with E-state index in [1.165, 1.54) is 6.07 Å². The number of amides is 3. The van der Waals surface area contributed by atoms with E-state index < -0.39 is 11.7 Å². The highest BCUT2D eigenvalue weighted by atomic mass is 32.2. The molecule has 4 N–H and O–H groups in total. The molecule has 1 aliphatic rings. The van der Waals surface area contributed by atoms with Crippen molar-refractivity contribution in [1.82, 2.24) is 20.1 Å². The van der Waals surface area contributed by atoms with Crippen LogP contribution in [-0.2, 0) is 6.42 Å². The molecule has 4 rings (SSSR count). The van der Waals surface area contributed by atoms with Gasteiger partial charge in [-0.15, -0.1) is 0 Å². The fraction of sp³-hybridized carbons (Fsp3) is 0.348. The SMILES string of the molecule is CC(C)n1ncc2ccc(NC(=O)N3CCSC(Cc4ccc(C(=O)NN)cc4F)C3)cc21. The fourth-order valence-electron chi connectivity index (χ4n) is 3.94. The van der Waals surface area contributed by atoms with Gasteiger partial charge in [-0.1, -0.05) is 6.07 Å². The number of urea groups is 1. The Morgan fingerprint density at radius 3 is 2.82 bits per heavy atom. The smallest absolute Gasteiger partial charge is 0.321 e. The summed E-state index contributed by atoms with van der Waals surface area (Å²) in [6, 6.07) is 10.1. The molecule has 1 saturated heterocycles. The summed E-state index contributed by atoms with van der Waals surface area (Å²) in [5, 5.41) is 8.48. The molecule has 1 aliphatic heterocycles. The lowest BCUT2D eigenvalue weighted by molar-refractivity contribution is 0.0953. The first-order valence-electron chi connectivity index (χ1n) is 10.8. The maximum Gasteiger partial charge on any atom is 0.321 e. The average Bonchev–Trinajstić information content (AvgIpc) is 3.23. The van der Waals surface area contributed by atoms with Crippen LogP contribution in [-0.4, -0.2) is 50.7 Å². The molecule has 2 aromatic carbocycles. The number of nitrogens with one attached hydrogen (secondary N) is 2. The maximum atomic E-state index is 14.5. The number of hydrogen-bond acceptors (Lipinski definition) is 5. The second-order valence-corrected chi connectivity index (χ2v) is 9.72. The van der Waals surface area contributed by atoms with Crippen LogP contribution in [0, 0.1) is 5.82 Å². The first kappa shape index (κ1) is 23.1. The van der Waals surface area contributed by atoms with E-state index in [9.17, 15) is 14.0 Å². The van der Waals surface area contributed by atoms with Gasteiger partial charge in [0.2, 0.25) is 0 Å². The Bertz CT molecular complexity index is 1180. The topological polar surface area (TPSA) is 105 Å². The van der Waals surface area contributed by atoms with Gasteiger partial charge in [0.05, 0.1) is 11.7 Å². The summed E-state index contributed by atoms with van der Waals surface area (Å²) >= 11 is 1.72. The van der Waals surface area contributed by atoms with Crippen LogP contribution in [0.3, 0.4) is 0 Å². The molecule has 0 aliphatic carbocycles. The van der Waals surface area contributed by atoms with Gasteiger partial charge in [-0.3, -0.25) is 14.9 Å². The van der Waals surface area contributed by atoms with Gasteiger partial charge in [0, 0.05) is 46.8 Å². The van der Waals surface area contributed by atoms with Crippen LogP contribution in [0.2, 0.25) is 0 Å². The number of nitrogen functional groups attached to an aromatic ring is 1. The highest BCUT2D eigenvalue weighted by Gasteiger charge is 2.25. The molecule has 0 bridgehead atoms. The molecule has 1 atom stereocenters. The fourth-order valence-corrected chi connectivity index (χ4v) is 5.18. The summed E-state index contributed by atoms with van der Waals surface area (Å²) in [6.07, 6.45) is 2.28. The largest absolute Gasteiger partial charge is 0.323 e. The lowest BCUT2D eigenvalue weighted by Gasteiger charge is -2.32. The van der Waals surface area contributed by atoms with Gasteiger partial charge >= 0.3 is 6.03 Å². The first-order valence-corrected chi connectivity index (χ1v) is 11.8. The molecule has 8 nitrogen and oxygen atoms in total. The number of halogens is 1. The molecule has 1 unspecified atom stereocenters. The van der Waals surface area contributed by atoms with E-state index in [0.717, 1.165) is 16.7 Å². The second kappa shape index (κ2) is 9.80. The number of fused-ring (bicyclic) bond motifs is 1. The molecule has 174 valence electrons. The number of carbonyl (C=O) groups is 2. The van der Waals surface area contributed by atoms with E-state index in [-0.39, 0.29) is 22.9 Å². The number of benzene rings is 2. The zero-order valence-electron chi connectivity index (χ0n) is 18.5. The van der Waals surface area contributed by atoms with E-state index in [2.05, 4.69) is 24.3 Å². The molecule has 0 spiro atoms. The number of hydrogen-bond donors (Lipinski definition) is 3. The third kappa shape index (κ3) is 5.12. The molecule has 1 fully saturated rings. The number of nitrogens with two attached hydrogens (primary N) is 1. The summed E-state index contributed by atoms with van der Waals surface area (Å²) < 4.78 is 16.4. The van der Waals surface area contributed by atoms with Crippen LogP contribution in [0.1, 0.15) is 35.8 Å². The summed E-state index contributed by atoms with van der Waals surface area (Å²) in [6.45, 7) is 5.25. The summed E-state index contributed by atoms with van der Waals surface area (Å²) in [4.78, 5) is 26.3. The Hall–Kier alpha value is -3.11. The number of aromatic nitrogens is 2. The van der Waals surface area contributed by atoms with Gasteiger partial charge in [0.15, 0.2) is 0 Å². The van der Waals surface area contributed by atoms with Gasteiger partial charge in [-0.25, -0.2) is 15.0 Å². The molecule has 1 aromatic heterocycles. The lowest BCUT2D eigenvalue weighted by atomic mass is 10.1. The highest BCUT2D eigenvalue weighted by Crippen LogP contribution is 2.26. The van der Waals surface area contributed by atoms with Crippen LogP contribution in [0.5, 0.6) is 0 Å². The Balaban J connectivity index is 1.41. The molecular formula is C23H27FN6O2S. The van der Waals surface area contributed by atoms with Crippen molar-refractivity contribution in [3.63, 3.8) is 0 Å². The van der Waals surface area contributed by atoms with Gasteiger partial charge < -0.3 is 10.2 Å². The molecule has 10 heteroatoms. The number of nitrogens with zero attached hydrogens (tertiary/aromatic N) is 3.